The Bertz CT molecular complexity index is 740. The van der Waals surface area contributed by atoms with E-state index in [-0.39, 0.29) is 30.4 Å². The van der Waals surface area contributed by atoms with Gasteiger partial charge in [0.2, 0.25) is 0 Å². The van der Waals surface area contributed by atoms with Crippen LogP contribution in [-0.4, -0.2) is 21.9 Å². The van der Waals surface area contributed by atoms with E-state index in [1.165, 1.54) is 17.3 Å². The van der Waals surface area contributed by atoms with Crippen LogP contribution in [0.4, 0.5) is 5.69 Å². The van der Waals surface area contributed by atoms with Crippen molar-refractivity contribution in [3.8, 4) is 5.75 Å². The molecule has 1 aromatic rings. The molecule has 0 spiro atoms. The first kappa shape index (κ1) is 24.5. The molecule has 1 aromatic carbocycles. The Morgan fingerprint density at radius 3 is 2.23 bits per heavy atom. The maximum absolute atomic E-state index is 6.48. The van der Waals surface area contributed by atoms with Gasteiger partial charge in [-0.3, -0.25) is 0 Å². The minimum Gasteiger partial charge on any atom is -1.00 e. The SMILES string of the molecule is CC[Si]1(C)C2=C1[CH]([Zr+2])c1ccc(O[Si](C)(C)C)c(NC(C)(C)C)c12.[Cl-].[Cl-]. The fraction of sp³-hybridized carbons (Fsp3) is 0.579. The summed E-state index contributed by atoms with van der Waals surface area (Å²) in [5, 5.41) is 7.39. The number of halogens is 2. The molecule has 0 saturated heterocycles. The molecule has 2 aliphatic rings. The second-order valence-corrected chi connectivity index (χ2v) is 19.7. The molecule has 1 heterocycles. The fourth-order valence-corrected chi connectivity index (χ4v) is 12.5. The summed E-state index contributed by atoms with van der Waals surface area (Å²) >= 11 is 1.64. The summed E-state index contributed by atoms with van der Waals surface area (Å²) in [4.78, 5) is 0. The molecule has 2 atom stereocenters. The van der Waals surface area contributed by atoms with Gasteiger partial charge in [-0.1, -0.05) is 0 Å². The van der Waals surface area contributed by atoms with E-state index in [9.17, 15) is 0 Å². The van der Waals surface area contributed by atoms with E-state index in [1.807, 2.05) is 5.20 Å². The first-order valence-electron chi connectivity index (χ1n) is 9.00. The minimum absolute atomic E-state index is 0. The Balaban J connectivity index is 0.00000169. The number of hydrogen-bond acceptors (Lipinski definition) is 2. The van der Waals surface area contributed by atoms with Crippen LogP contribution in [0.5, 0.6) is 5.75 Å². The summed E-state index contributed by atoms with van der Waals surface area (Å²) in [5.41, 5.74) is 4.37. The van der Waals surface area contributed by atoms with Gasteiger partial charge in [0.1, 0.15) is 0 Å². The number of rotatable bonds is 4. The van der Waals surface area contributed by atoms with Crippen molar-refractivity contribution in [2.75, 3.05) is 5.32 Å². The molecule has 143 valence electrons. The summed E-state index contributed by atoms with van der Waals surface area (Å²) in [6.07, 6.45) is 0. The zero-order valence-corrected chi connectivity index (χ0v) is 23.1. The molecule has 1 N–H and O–H groups in total. The van der Waals surface area contributed by atoms with Crippen LogP contribution in [0, 0.1) is 0 Å². The van der Waals surface area contributed by atoms with Crippen LogP contribution in [0.1, 0.15) is 42.4 Å². The summed E-state index contributed by atoms with van der Waals surface area (Å²) < 4.78 is 7.18. The smallest absolute Gasteiger partial charge is 1.00 e. The second kappa shape index (κ2) is 7.70. The number of anilines is 1. The van der Waals surface area contributed by atoms with Gasteiger partial charge < -0.3 is 24.8 Å². The van der Waals surface area contributed by atoms with Crippen molar-refractivity contribution in [2.24, 2.45) is 0 Å². The van der Waals surface area contributed by atoms with Crippen LogP contribution in [0.2, 0.25) is 32.2 Å². The number of fused-ring (bicyclic) bond motifs is 2. The molecule has 0 fully saturated rings. The molecular weight excluding hydrogens is 477 g/mol. The fourth-order valence-electron chi connectivity index (χ4n) is 3.86. The van der Waals surface area contributed by atoms with Gasteiger partial charge in [0.25, 0.3) is 0 Å². The van der Waals surface area contributed by atoms with Crippen molar-refractivity contribution in [2.45, 2.75) is 69.1 Å². The number of hydrogen-bond donors (Lipinski definition) is 1. The van der Waals surface area contributed by atoms with Crippen LogP contribution in [0.15, 0.2) is 17.3 Å². The van der Waals surface area contributed by atoms with Crippen molar-refractivity contribution < 1.29 is 54.0 Å². The topological polar surface area (TPSA) is 21.3 Å². The standard InChI is InChI=1S/C19H30NOSi2.2ClH.Zr/c1-9-23(8)15-12-13-10-11-14(21-22(5,6)7)17(16(13)18(15)23)20-19(2,3)4;;;/h10-12,20H,9H2,1-8H3;2*1H;/q;;;+2/p-2. The predicted molar refractivity (Wildman–Crippen MR) is 106 cm³/mol. The van der Waals surface area contributed by atoms with E-state index in [0.29, 0.717) is 3.63 Å². The summed E-state index contributed by atoms with van der Waals surface area (Å²) in [6.45, 7) is 18.5. The van der Waals surface area contributed by atoms with Crippen molar-refractivity contribution in [3.63, 3.8) is 0 Å². The van der Waals surface area contributed by atoms with Gasteiger partial charge in [-0.15, -0.1) is 0 Å². The average Bonchev–Trinajstić information content (AvgIpc) is 2.89. The first-order chi connectivity index (χ1) is 10.9. The van der Waals surface area contributed by atoms with Crippen LogP contribution >= 0.6 is 0 Å². The Morgan fingerprint density at radius 1 is 1.19 bits per heavy atom. The van der Waals surface area contributed by atoms with Crippen molar-refractivity contribution in [1.82, 2.24) is 0 Å². The Hall–Kier alpha value is 0.457. The van der Waals surface area contributed by atoms with Gasteiger partial charge in [0.15, 0.2) is 0 Å². The summed E-state index contributed by atoms with van der Waals surface area (Å²) in [6, 6.07) is 5.91. The molecular formula is C19H30Cl2NOSi2Zr. The third-order valence-corrected chi connectivity index (χ3v) is 12.6. The van der Waals surface area contributed by atoms with Crippen molar-refractivity contribution in [3.05, 3.63) is 28.5 Å². The number of allylic oxidation sites excluding steroid dienone is 1. The Labute approximate surface area is 188 Å². The van der Waals surface area contributed by atoms with E-state index < -0.39 is 16.4 Å². The molecule has 26 heavy (non-hydrogen) atoms. The van der Waals surface area contributed by atoms with Gasteiger partial charge in [0.05, 0.1) is 0 Å². The van der Waals surface area contributed by atoms with Crippen LogP contribution in [-0.2, 0) is 24.7 Å². The third-order valence-electron chi connectivity index (χ3n) is 5.03. The molecule has 0 amide bonds. The van der Waals surface area contributed by atoms with Crippen molar-refractivity contribution >= 4 is 27.3 Å². The molecule has 0 aromatic heterocycles. The zero-order valence-electron chi connectivity index (χ0n) is 17.1. The Morgan fingerprint density at radius 2 is 1.77 bits per heavy atom. The predicted octanol–water partition coefficient (Wildman–Crippen LogP) is -0.336. The normalized spacial score (nSPS) is 23.5. The van der Waals surface area contributed by atoms with Gasteiger partial charge in [0, 0.05) is 0 Å². The first-order valence-corrected chi connectivity index (χ1v) is 16.5. The minimum atomic E-state index is -1.65. The van der Waals surface area contributed by atoms with E-state index in [4.69, 9.17) is 4.43 Å². The molecule has 0 radical (unpaired) electrons. The summed E-state index contributed by atoms with van der Waals surface area (Å²) in [7, 11) is -2.90. The van der Waals surface area contributed by atoms with Gasteiger partial charge in [-0.2, -0.15) is 0 Å². The summed E-state index contributed by atoms with van der Waals surface area (Å²) in [5.74, 6) is 1.07. The second-order valence-electron chi connectivity index (χ2n) is 9.40. The largest absolute Gasteiger partial charge is 1.00 e. The molecule has 2 unspecified atom stereocenters. The van der Waals surface area contributed by atoms with E-state index in [1.54, 1.807) is 35.5 Å². The van der Waals surface area contributed by atoms with E-state index in [0.717, 1.165) is 5.75 Å². The van der Waals surface area contributed by atoms with Crippen LogP contribution in [0.3, 0.4) is 0 Å². The van der Waals surface area contributed by atoms with Crippen molar-refractivity contribution in [1.29, 1.82) is 0 Å². The monoisotopic (exact) mass is 504 g/mol. The van der Waals surface area contributed by atoms with Crippen LogP contribution in [0.25, 0.3) is 5.20 Å². The Kier molecular flexibility index (Phi) is 7.26. The van der Waals surface area contributed by atoms with Gasteiger partial charge >= 0.3 is 165 Å². The molecule has 7 heteroatoms. The zero-order chi connectivity index (χ0) is 18.1. The molecule has 0 saturated carbocycles. The molecule has 1 aliphatic carbocycles. The maximum Gasteiger partial charge on any atom is -1.00 e. The van der Waals surface area contributed by atoms with Gasteiger partial charge in [-0.25, -0.2) is 0 Å². The number of nitrogens with one attached hydrogen (secondary N) is 1. The van der Waals surface area contributed by atoms with Crippen LogP contribution < -0.4 is 34.6 Å². The maximum atomic E-state index is 6.48. The average molecular weight is 507 g/mol. The molecule has 0 bridgehead atoms. The van der Waals surface area contributed by atoms with Gasteiger partial charge in [-0.05, 0) is 0 Å². The molecule has 1 aliphatic heterocycles. The molecule has 3 rings (SSSR count). The molecule has 2 nitrogen and oxygen atoms in total. The third kappa shape index (κ3) is 4.22. The quantitative estimate of drug-likeness (QED) is 0.565. The number of benzene rings is 1. The van der Waals surface area contributed by atoms with E-state index >= 15 is 0 Å². The van der Waals surface area contributed by atoms with E-state index in [2.05, 4.69) is 71.3 Å².